The fourth-order valence-corrected chi connectivity index (χ4v) is 2.81. The molecule has 0 radical (unpaired) electrons. The molecule has 5 nitrogen and oxygen atoms in total. The van der Waals surface area contributed by atoms with Crippen LogP contribution < -0.4 is 0 Å². The molecule has 0 saturated heterocycles. The second kappa shape index (κ2) is 6.06. The minimum Gasteiger partial charge on any atom is -0.481 e. The number of imidazole rings is 1. The number of rotatable bonds is 5. The van der Waals surface area contributed by atoms with E-state index in [1.807, 2.05) is 10.6 Å². The van der Waals surface area contributed by atoms with E-state index in [2.05, 4.69) is 48.4 Å². The Hall–Kier alpha value is -0.860. The number of hydrogen-bond donors (Lipinski definition) is 1. The van der Waals surface area contributed by atoms with Crippen LogP contribution in [0.5, 0.6) is 0 Å². The first-order valence-electron chi connectivity index (χ1n) is 5.17. The number of fused-ring (bicyclic) bond motifs is 1. The van der Waals surface area contributed by atoms with Gasteiger partial charge in [0.25, 0.3) is 0 Å². The van der Waals surface area contributed by atoms with Crippen LogP contribution in [-0.2, 0) is 11.3 Å². The van der Waals surface area contributed by atoms with E-state index in [4.69, 9.17) is 5.11 Å². The minimum atomic E-state index is -0.879. The Morgan fingerprint density at radius 1 is 1.58 bits per heavy atom. The van der Waals surface area contributed by atoms with Crippen molar-refractivity contribution < 1.29 is 9.90 Å². The summed E-state index contributed by atoms with van der Waals surface area (Å²) in [7, 11) is 0. The molecule has 2 aromatic rings. The second-order valence-electron chi connectivity index (χ2n) is 3.68. The number of aliphatic carboxylic acids is 1. The fraction of sp³-hybridized carbons (Fsp3) is 0.182. The molecule has 0 atom stereocenters. The van der Waals surface area contributed by atoms with Crippen molar-refractivity contribution in [1.82, 2.24) is 14.5 Å². The molecule has 2 aromatic heterocycles. The summed E-state index contributed by atoms with van der Waals surface area (Å²) in [6.45, 7) is 4.29. The Labute approximate surface area is 130 Å². The van der Waals surface area contributed by atoms with E-state index in [1.54, 1.807) is 6.20 Å². The smallest absolute Gasteiger partial charge is 0.313 e. The van der Waals surface area contributed by atoms with Gasteiger partial charge in [-0.3, -0.25) is 9.36 Å². The van der Waals surface area contributed by atoms with Gasteiger partial charge in [-0.2, -0.15) is 0 Å². The third kappa shape index (κ3) is 3.58. The summed E-state index contributed by atoms with van der Waals surface area (Å²) in [4.78, 5) is 19.4. The van der Waals surface area contributed by atoms with Gasteiger partial charge < -0.3 is 5.11 Å². The van der Waals surface area contributed by atoms with Gasteiger partial charge in [-0.1, -0.05) is 34.3 Å². The van der Waals surface area contributed by atoms with Crippen LogP contribution in [0.1, 0.15) is 0 Å². The van der Waals surface area contributed by atoms with Crippen LogP contribution in [-0.4, -0.2) is 31.4 Å². The van der Waals surface area contributed by atoms with Crippen molar-refractivity contribution in [2.24, 2.45) is 0 Å². The van der Waals surface area contributed by atoms with Crippen LogP contribution in [0.2, 0.25) is 0 Å². The average Bonchev–Trinajstić information content (AvgIpc) is 2.63. The fourth-order valence-electron chi connectivity index (χ4n) is 1.52. The van der Waals surface area contributed by atoms with Crippen LogP contribution in [0, 0.1) is 0 Å². The Morgan fingerprint density at radius 3 is 2.95 bits per heavy atom. The molecule has 19 heavy (non-hydrogen) atoms. The van der Waals surface area contributed by atoms with Gasteiger partial charge in [0.15, 0.2) is 10.8 Å². The minimum absolute atomic E-state index is 0.0424. The molecular weight excluding hydrogens is 398 g/mol. The maximum atomic E-state index is 10.7. The summed E-state index contributed by atoms with van der Waals surface area (Å²) in [5.41, 5.74) is 1.42. The molecule has 0 fully saturated rings. The van der Waals surface area contributed by atoms with Gasteiger partial charge >= 0.3 is 5.97 Å². The molecule has 0 spiro atoms. The van der Waals surface area contributed by atoms with Gasteiger partial charge in [0, 0.05) is 15.2 Å². The van der Waals surface area contributed by atoms with E-state index < -0.39 is 5.97 Å². The maximum Gasteiger partial charge on any atom is 0.313 e. The summed E-state index contributed by atoms with van der Waals surface area (Å²) < 4.78 is 3.44. The molecule has 0 aromatic carbocycles. The number of allylic oxidation sites excluding steroid dienone is 1. The van der Waals surface area contributed by atoms with E-state index >= 15 is 0 Å². The van der Waals surface area contributed by atoms with E-state index in [1.165, 1.54) is 0 Å². The summed E-state index contributed by atoms with van der Waals surface area (Å²) in [6, 6.07) is 1.85. The summed E-state index contributed by atoms with van der Waals surface area (Å²) in [6.07, 6.45) is 1.68. The number of carbonyl (C=O) groups is 1. The molecule has 0 bridgehead atoms. The number of carboxylic acids is 1. The Bertz CT molecular complexity index is 657. The molecule has 0 aliphatic carbocycles. The highest BCUT2D eigenvalue weighted by Crippen LogP contribution is 2.26. The highest BCUT2D eigenvalue weighted by atomic mass is 79.9. The molecule has 0 saturated carbocycles. The number of thioether (sulfide) groups is 1. The molecule has 100 valence electrons. The lowest BCUT2D eigenvalue weighted by Crippen LogP contribution is -2.04. The molecule has 0 aliphatic rings. The van der Waals surface area contributed by atoms with E-state index in [9.17, 15) is 4.79 Å². The van der Waals surface area contributed by atoms with Crippen molar-refractivity contribution in [3.05, 3.63) is 27.8 Å². The largest absolute Gasteiger partial charge is 0.481 e. The van der Waals surface area contributed by atoms with Crippen LogP contribution >= 0.6 is 43.6 Å². The molecule has 1 N–H and O–H groups in total. The monoisotopic (exact) mass is 405 g/mol. The Balaban J connectivity index is 2.47. The first-order valence-corrected chi connectivity index (χ1v) is 7.74. The van der Waals surface area contributed by atoms with Crippen LogP contribution in [0.15, 0.2) is 33.0 Å². The third-order valence-electron chi connectivity index (χ3n) is 2.17. The van der Waals surface area contributed by atoms with Crippen LogP contribution in [0.25, 0.3) is 11.2 Å². The van der Waals surface area contributed by atoms with Crippen molar-refractivity contribution in [2.45, 2.75) is 11.7 Å². The SMILES string of the molecule is C=C(Br)Cn1c(SCC(=O)O)nc2cc(Br)cnc21. The van der Waals surface area contributed by atoms with Gasteiger partial charge in [0.1, 0.15) is 5.52 Å². The predicted molar refractivity (Wildman–Crippen MR) is 81.7 cm³/mol. The standard InChI is InChI=1S/C11H9Br2N3O2S/c1-6(12)4-16-10-8(2-7(13)3-14-10)15-11(16)19-5-9(17)18/h2-3H,1,4-5H2,(H,17,18). The van der Waals surface area contributed by atoms with Gasteiger partial charge in [0.2, 0.25) is 0 Å². The Kier molecular flexibility index (Phi) is 4.64. The normalized spacial score (nSPS) is 10.8. The van der Waals surface area contributed by atoms with E-state index in [0.717, 1.165) is 26.2 Å². The second-order valence-corrected chi connectivity index (χ2v) is 6.66. The molecule has 0 amide bonds. The lowest BCUT2D eigenvalue weighted by Gasteiger charge is -2.06. The van der Waals surface area contributed by atoms with E-state index in [0.29, 0.717) is 17.3 Å². The zero-order valence-corrected chi connectivity index (χ0v) is 13.6. The summed E-state index contributed by atoms with van der Waals surface area (Å²) in [5.74, 6) is -0.922. The first kappa shape index (κ1) is 14.5. The highest BCUT2D eigenvalue weighted by Gasteiger charge is 2.14. The Morgan fingerprint density at radius 2 is 2.32 bits per heavy atom. The summed E-state index contributed by atoms with van der Waals surface area (Å²) in [5, 5.41) is 9.37. The number of pyridine rings is 1. The molecular formula is C11H9Br2N3O2S. The number of carboxylic acid groups (broad SMARTS) is 1. The van der Waals surface area contributed by atoms with Crippen LogP contribution in [0.3, 0.4) is 0 Å². The van der Waals surface area contributed by atoms with Crippen molar-refractivity contribution >= 4 is 60.8 Å². The van der Waals surface area contributed by atoms with Crippen molar-refractivity contribution in [3.8, 4) is 0 Å². The lowest BCUT2D eigenvalue weighted by atomic mass is 10.4. The van der Waals surface area contributed by atoms with Crippen molar-refractivity contribution in [3.63, 3.8) is 0 Å². The third-order valence-corrected chi connectivity index (χ3v) is 3.82. The molecule has 8 heteroatoms. The average molecular weight is 407 g/mol. The zero-order valence-electron chi connectivity index (χ0n) is 9.64. The lowest BCUT2D eigenvalue weighted by molar-refractivity contribution is -0.133. The summed E-state index contributed by atoms with van der Waals surface area (Å²) >= 11 is 7.81. The topological polar surface area (TPSA) is 68.0 Å². The van der Waals surface area contributed by atoms with E-state index in [-0.39, 0.29) is 5.75 Å². The van der Waals surface area contributed by atoms with Gasteiger partial charge in [-0.15, -0.1) is 0 Å². The number of nitrogens with zero attached hydrogens (tertiary/aromatic N) is 3. The highest BCUT2D eigenvalue weighted by molar-refractivity contribution is 9.11. The quantitative estimate of drug-likeness (QED) is 0.771. The van der Waals surface area contributed by atoms with Crippen LogP contribution in [0.4, 0.5) is 0 Å². The van der Waals surface area contributed by atoms with Gasteiger partial charge in [-0.05, 0) is 22.0 Å². The number of aromatic nitrogens is 3. The van der Waals surface area contributed by atoms with Crippen molar-refractivity contribution in [1.29, 1.82) is 0 Å². The maximum absolute atomic E-state index is 10.7. The van der Waals surface area contributed by atoms with Crippen molar-refractivity contribution in [2.75, 3.05) is 5.75 Å². The molecule has 2 heterocycles. The zero-order chi connectivity index (χ0) is 14.0. The van der Waals surface area contributed by atoms with Gasteiger partial charge in [0.05, 0.1) is 12.3 Å². The number of hydrogen-bond acceptors (Lipinski definition) is 4. The predicted octanol–water partition coefficient (Wildman–Crippen LogP) is 3.28. The first-order chi connectivity index (χ1) is 8.97. The number of halogens is 2. The van der Waals surface area contributed by atoms with Gasteiger partial charge in [-0.25, -0.2) is 9.97 Å². The molecule has 0 aliphatic heterocycles. The molecule has 0 unspecified atom stereocenters. The molecule has 2 rings (SSSR count).